The van der Waals surface area contributed by atoms with Crippen molar-refractivity contribution >= 4 is 35.1 Å². The number of benzene rings is 1. The van der Waals surface area contributed by atoms with Crippen LogP contribution in [-0.2, 0) is 19.1 Å². The number of halogens is 1. The van der Waals surface area contributed by atoms with Gasteiger partial charge >= 0.3 is 5.97 Å². The molecule has 1 fully saturated rings. The first kappa shape index (κ1) is 19.2. The number of methoxy groups -OCH3 is 1. The van der Waals surface area contributed by atoms with Crippen LogP contribution in [0.15, 0.2) is 24.3 Å². The van der Waals surface area contributed by atoms with Gasteiger partial charge in [-0.15, -0.1) is 0 Å². The molecule has 0 aromatic heterocycles. The predicted octanol–water partition coefficient (Wildman–Crippen LogP) is 2.40. The van der Waals surface area contributed by atoms with Crippen molar-refractivity contribution in [2.75, 3.05) is 18.6 Å². The lowest BCUT2D eigenvalue weighted by Crippen LogP contribution is -2.45. The number of nitrogens with zero attached hydrogens (tertiary/aromatic N) is 1. The van der Waals surface area contributed by atoms with Gasteiger partial charge in [-0.3, -0.25) is 9.59 Å². The number of nitrogens with one attached hydrogen (secondary N) is 1. The van der Waals surface area contributed by atoms with E-state index in [0.717, 1.165) is 0 Å². The summed E-state index contributed by atoms with van der Waals surface area (Å²) in [6, 6.07) is 6.20. The number of anilines is 1. The number of carbonyl (C=O) groups excluding carboxylic acids is 3. The van der Waals surface area contributed by atoms with E-state index in [0.29, 0.717) is 17.1 Å². The van der Waals surface area contributed by atoms with Crippen LogP contribution in [0.4, 0.5) is 5.69 Å². The van der Waals surface area contributed by atoms with E-state index in [1.807, 2.05) is 13.8 Å². The summed E-state index contributed by atoms with van der Waals surface area (Å²) in [7, 11) is 1.29. The number of amides is 2. The van der Waals surface area contributed by atoms with Crippen molar-refractivity contribution < 1.29 is 19.1 Å². The van der Waals surface area contributed by atoms with Gasteiger partial charge in [-0.25, -0.2) is 4.79 Å². The van der Waals surface area contributed by atoms with Crippen LogP contribution >= 0.6 is 11.6 Å². The minimum Gasteiger partial charge on any atom is -0.467 e. The third-order valence-electron chi connectivity index (χ3n) is 4.14. The molecule has 1 N–H and O–H groups in total. The molecule has 2 atom stereocenters. The van der Waals surface area contributed by atoms with E-state index in [2.05, 4.69) is 5.32 Å². The molecule has 0 spiro atoms. The molecule has 0 aliphatic carbocycles. The van der Waals surface area contributed by atoms with Crippen molar-refractivity contribution in [3.8, 4) is 0 Å². The average molecular weight is 367 g/mol. The highest BCUT2D eigenvalue weighted by Gasteiger charge is 2.36. The monoisotopic (exact) mass is 366 g/mol. The molecule has 7 heteroatoms. The molecule has 0 bridgehead atoms. The van der Waals surface area contributed by atoms with Gasteiger partial charge in [0.15, 0.2) is 0 Å². The largest absolute Gasteiger partial charge is 0.467 e. The predicted molar refractivity (Wildman–Crippen MR) is 95.3 cm³/mol. The summed E-state index contributed by atoms with van der Waals surface area (Å²) in [6.45, 7) is 4.20. The number of ether oxygens (including phenoxy) is 1. The van der Waals surface area contributed by atoms with Gasteiger partial charge in [-0.05, 0) is 36.6 Å². The topological polar surface area (TPSA) is 75.7 Å². The smallest absolute Gasteiger partial charge is 0.328 e. The normalized spacial score (nSPS) is 18.4. The Kier molecular flexibility index (Phi) is 6.42. The number of carbonyl (C=O) groups is 3. The van der Waals surface area contributed by atoms with Gasteiger partial charge in [-0.1, -0.05) is 25.4 Å². The number of hydrogen-bond acceptors (Lipinski definition) is 4. The van der Waals surface area contributed by atoms with Crippen molar-refractivity contribution in [2.24, 2.45) is 11.8 Å². The fraction of sp³-hybridized carbons (Fsp3) is 0.500. The quantitative estimate of drug-likeness (QED) is 0.784. The molecule has 1 aromatic carbocycles. The van der Waals surface area contributed by atoms with E-state index in [1.54, 1.807) is 29.2 Å². The second kappa shape index (κ2) is 8.34. The summed E-state index contributed by atoms with van der Waals surface area (Å²) in [5.74, 6) is -1.18. The molecule has 2 unspecified atom stereocenters. The molecule has 0 saturated carbocycles. The Labute approximate surface area is 152 Å². The van der Waals surface area contributed by atoms with Gasteiger partial charge in [0.2, 0.25) is 11.8 Å². The third kappa shape index (κ3) is 4.95. The Hall–Kier alpha value is -2.08. The van der Waals surface area contributed by atoms with Crippen LogP contribution in [0.2, 0.25) is 5.02 Å². The highest BCUT2D eigenvalue weighted by Crippen LogP contribution is 2.26. The summed E-state index contributed by atoms with van der Waals surface area (Å²) in [4.78, 5) is 38.2. The van der Waals surface area contributed by atoms with Crippen molar-refractivity contribution in [1.82, 2.24) is 5.32 Å². The zero-order valence-electron chi connectivity index (χ0n) is 14.6. The first-order chi connectivity index (χ1) is 11.8. The maximum absolute atomic E-state index is 12.5. The van der Waals surface area contributed by atoms with Gasteiger partial charge < -0.3 is 15.0 Å². The first-order valence-corrected chi connectivity index (χ1v) is 8.63. The van der Waals surface area contributed by atoms with Crippen LogP contribution in [0.25, 0.3) is 0 Å². The zero-order valence-corrected chi connectivity index (χ0v) is 15.4. The van der Waals surface area contributed by atoms with Gasteiger partial charge in [0.25, 0.3) is 0 Å². The number of hydrogen-bond donors (Lipinski definition) is 1. The lowest BCUT2D eigenvalue weighted by molar-refractivity contribution is -0.146. The van der Waals surface area contributed by atoms with E-state index in [9.17, 15) is 14.4 Å². The van der Waals surface area contributed by atoms with E-state index in [1.165, 1.54) is 7.11 Å². The van der Waals surface area contributed by atoms with Gasteiger partial charge in [-0.2, -0.15) is 0 Å². The molecule has 136 valence electrons. The van der Waals surface area contributed by atoms with Crippen molar-refractivity contribution in [1.29, 1.82) is 0 Å². The number of esters is 1. The Morgan fingerprint density at radius 3 is 2.52 bits per heavy atom. The van der Waals surface area contributed by atoms with Gasteiger partial charge in [0, 0.05) is 23.7 Å². The Morgan fingerprint density at radius 2 is 1.96 bits per heavy atom. The molecule has 2 rings (SSSR count). The molecule has 1 heterocycles. The van der Waals surface area contributed by atoms with E-state index < -0.39 is 17.9 Å². The van der Waals surface area contributed by atoms with Crippen LogP contribution in [0, 0.1) is 11.8 Å². The maximum Gasteiger partial charge on any atom is 0.328 e. The minimum absolute atomic E-state index is 0.115. The highest BCUT2D eigenvalue weighted by molar-refractivity contribution is 6.30. The van der Waals surface area contributed by atoms with Gasteiger partial charge in [0.1, 0.15) is 6.04 Å². The summed E-state index contributed by atoms with van der Waals surface area (Å²) in [5, 5.41) is 3.31. The lowest BCUT2D eigenvalue weighted by atomic mass is 10.0. The SMILES string of the molecule is COC(=O)C(CC(C)C)NC(=O)C1CC(=O)N(c2ccc(Cl)cc2)C1. The maximum atomic E-state index is 12.5. The molecular formula is C18H23ClN2O4. The molecule has 1 aliphatic rings. The van der Waals surface area contributed by atoms with Gasteiger partial charge in [0.05, 0.1) is 13.0 Å². The fourth-order valence-electron chi connectivity index (χ4n) is 2.87. The van der Waals surface area contributed by atoms with E-state index >= 15 is 0 Å². The van der Waals surface area contributed by atoms with Crippen molar-refractivity contribution in [3.63, 3.8) is 0 Å². The minimum atomic E-state index is -0.697. The van der Waals surface area contributed by atoms with Crippen molar-refractivity contribution in [3.05, 3.63) is 29.3 Å². The molecule has 1 aliphatic heterocycles. The highest BCUT2D eigenvalue weighted by atomic mass is 35.5. The molecule has 1 saturated heterocycles. The molecule has 25 heavy (non-hydrogen) atoms. The lowest BCUT2D eigenvalue weighted by Gasteiger charge is -2.21. The Bertz CT molecular complexity index is 645. The number of rotatable bonds is 6. The summed E-state index contributed by atoms with van der Waals surface area (Å²) >= 11 is 5.86. The molecule has 2 amide bonds. The summed E-state index contributed by atoms with van der Waals surface area (Å²) in [6.07, 6.45) is 0.601. The van der Waals surface area contributed by atoms with E-state index in [4.69, 9.17) is 16.3 Å². The third-order valence-corrected chi connectivity index (χ3v) is 4.40. The molecule has 6 nitrogen and oxygen atoms in total. The van der Waals surface area contributed by atoms with Crippen LogP contribution in [0.5, 0.6) is 0 Å². The Balaban J connectivity index is 2.03. The van der Waals surface area contributed by atoms with Crippen LogP contribution in [-0.4, -0.2) is 37.5 Å². The van der Waals surface area contributed by atoms with Crippen molar-refractivity contribution in [2.45, 2.75) is 32.7 Å². The van der Waals surface area contributed by atoms with E-state index in [-0.39, 0.29) is 30.7 Å². The average Bonchev–Trinajstić information content (AvgIpc) is 2.95. The standard InChI is InChI=1S/C18H23ClN2O4/c1-11(2)8-15(18(24)25-3)20-17(23)12-9-16(22)21(10-12)14-6-4-13(19)5-7-14/h4-7,11-12,15H,8-10H2,1-3H3,(H,20,23). The second-order valence-corrected chi connectivity index (χ2v) is 7.03. The molecule has 1 aromatic rings. The first-order valence-electron chi connectivity index (χ1n) is 8.26. The fourth-order valence-corrected chi connectivity index (χ4v) is 3.00. The van der Waals surface area contributed by atoms with Crippen LogP contribution < -0.4 is 10.2 Å². The molecule has 0 radical (unpaired) electrons. The summed E-state index contributed by atoms with van der Waals surface area (Å²) < 4.78 is 4.76. The second-order valence-electron chi connectivity index (χ2n) is 6.60. The zero-order chi connectivity index (χ0) is 18.6. The Morgan fingerprint density at radius 1 is 1.32 bits per heavy atom. The molecular weight excluding hydrogens is 344 g/mol. The van der Waals surface area contributed by atoms with Crippen LogP contribution in [0.3, 0.4) is 0 Å². The summed E-state index contributed by atoms with van der Waals surface area (Å²) in [5.41, 5.74) is 0.705. The van der Waals surface area contributed by atoms with Crippen LogP contribution in [0.1, 0.15) is 26.7 Å².